The first-order valence-electron chi connectivity index (χ1n) is 7.72. The predicted molar refractivity (Wildman–Crippen MR) is 82.2 cm³/mol. The third-order valence-electron chi connectivity index (χ3n) is 4.26. The summed E-state index contributed by atoms with van der Waals surface area (Å²) in [4.78, 5) is 12.3. The summed E-state index contributed by atoms with van der Waals surface area (Å²) < 4.78 is 5.25. The third-order valence-corrected chi connectivity index (χ3v) is 4.26. The normalized spacial score (nSPS) is 21.5. The Labute approximate surface area is 129 Å². The molecule has 1 amide bonds. The van der Waals surface area contributed by atoms with Gasteiger partial charge >= 0.3 is 0 Å². The molecule has 1 heterocycles. The van der Waals surface area contributed by atoms with Gasteiger partial charge in [0.2, 0.25) is 0 Å². The molecule has 1 aliphatic carbocycles. The number of aliphatic hydroxyl groups excluding tert-OH is 1. The third kappa shape index (κ3) is 3.20. The Hall–Kier alpha value is -2.14. The molecular weight excluding hydrogens is 280 g/mol. The number of aliphatic hydroxyl groups is 1. The summed E-state index contributed by atoms with van der Waals surface area (Å²) in [5, 5.41) is 16.3. The van der Waals surface area contributed by atoms with E-state index in [1.807, 2.05) is 30.3 Å². The van der Waals surface area contributed by atoms with Gasteiger partial charge in [0, 0.05) is 30.2 Å². The Kier molecular flexibility index (Phi) is 4.53. The molecule has 0 bridgehead atoms. The van der Waals surface area contributed by atoms with E-state index in [0.717, 1.165) is 31.2 Å². The molecule has 1 aromatic carbocycles. The average molecular weight is 300 g/mol. The molecule has 1 fully saturated rings. The van der Waals surface area contributed by atoms with Gasteiger partial charge in [0.25, 0.3) is 5.91 Å². The molecule has 0 aliphatic heterocycles. The first kappa shape index (κ1) is 14.8. The lowest BCUT2D eigenvalue weighted by atomic mass is 9.85. The monoisotopic (exact) mass is 300 g/mol. The molecule has 116 valence electrons. The number of nitrogens with one attached hydrogen (secondary N) is 1. The largest absolute Gasteiger partial charge is 0.396 e. The van der Waals surface area contributed by atoms with Gasteiger partial charge < -0.3 is 14.9 Å². The second-order valence-electron chi connectivity index (χ2n) is 5.75. The minimum atomic E-state index is -0.240. The van der Waals surface area contributed by atoms with Crippen LogP contribution in [-0.4, -0.2) is 28.8 Å². The molecule has 0 radical (unpaired) electrons. The maximum Gasteiger partial charge on any atom is 0.273 e. The lowest BCUT2D eigenvalue weighted by Crippen LogP contribution is -2.43. The van der Waals surface area contributed by atoms with Crippen molar-refractivity contribution in [3.05, 3.63) is 42.1 Å². The second kappa shape index (κ2) is 6.75. The number of nitrogens with zero attached hydrogens (tertiary/aromatic N) is 1. The van der Waals surface area contributed by atoms with Crippen LogP contribution in [0.25, 0.3) is 11.3 Å². The van der Waals surface area contributed by atoms with Crippen LogP contribution in [-0.2, 0) is 0 Å². The second-order valence-corrected chi connectivity index (χ2v) is 5.75. The number of carbonyl (C=O) groups is 1. The van der Waals surface area contributed by atoms with Gasteiger partial charge in [-0.2, -0.15) is 0 Å². The molecule has 0 spiro atoms. The zero-order valence-electron chi connectivity index (χ0n) is 12.4. The van der Waals surface area contributed by atoms with Gasteiger partial charge in [0.1, 0.15) is 0 Å². The van der Waals surface area contributed by atoms with Crippen molar-refractivity contribution in [2.24, 2.45) is 5.92 Å². The Bertz CT molecular complexity index is 624. The number of carbonyl (C=O) groups excluding carboxylic acids is 1. The number of aromatic nitrogens is 1. The molecule has 5 heteroatoms. The van der Waals surface area contributed by atoms with E-state index < -0.39 is 0 Å². The zero-order valence-corrected chi connectivity index (χ0v) is 12.4. The van der Waals surface area contributed by atoms with Crippen LogP contribution in [0.3, 0.4) is 0 Å². The van der Waals surface area contributed by atoms with Gasteiger partial charge in [0.15, 0.2) is 11.5 Å². The van der Waals surface area contributed by atoms with Crippen molar-refractivity contribution in [2.45, 2.75) is 31.7 Å². The van der Waals surface area contributed by atoms with Gasteiger partial charge in [-0.15, -0.1) is 0 Å². The fraction of sp³-hybridized carbons (Fsp3) is 0.412. The molecule has 5 nitrogen and oxygen atoms in total. The van der Waals surface area contributed by atoms with Crippen LogP contribution in [0.1, 0.15) is 36.2 Å². The average Bonchev–Trinajstić information content (AvgIpc) is 3.06. The van der Waals surface area contributed by atoms with Crippen molar-refractivity contribution in [3.63, 3.8) is 0 Å². The Balaban J connectivity index is 1.69. The number of rotatable bonds is 4. The van der Waals surface area contributed by atoms with Crippen molar-refractivity contribution in [2.75, 3.05) is 6.61 Å². The van der Waals surface area contributed by atoms with Crippen LogP contribution in [0.4, 0.5) is 0 Å². The minimum Gasteiger partial charge on any atom is -0.396 e. The molecule has 1 aromatic heterocycles. The van der Waals surface area contributed by atoms with Crippen LogP contribution in [0.2, 0.25) is 0 Å². The summed E-state index contributed by atoms with van der Waals surface area (Å²) in [6, 6.07) is 11.2. The Morgan fingerprint density at radius 2 is 2.05 bits per heavy atom. The SMILES string of the molecule is O=C(NC1CCCCC1CO)c1cc(-c2ccccc2)on1. The maximum atomic E-state index is 12.3. The summed E-state index contributed by atoms with van der Waals surface area (Å²) in [6.07, 6.45) is 4.05. The topological polar surface area (TPSA) is 75.4 Å². The van der Waals surface area contributed by atoms with Crippen molar-refractivity contribution in [3.8, 4) is 11.3 Å². The number of hydrogen-bond acceptors (Lipinski definition) is 4. The van der Waals surface area contributed by atoms with E-state index in [2.05, 4.69) is 10.5 Å². The Morgan fingerprint density at radius 1 is 1.27 bits per heavy atom. The lowest BCUT2D eigenvalue weighted by Gasteiger charge is -2.30. The number of benzene rings is 1. The van der Waals surface area contributed by atoms with E-state index in [0.29, 0.717) is 5.76 Å². The molecule has 2 N–H and O–H groups in total. The molecular formula is C17H20N2O3. The highest BCUT2D eigenvalue weighted by Crippen LogP contribution is 2.25. The highest BCUT2D eigenvalue weighted by molar-refractivity contribution is 5.93. The highest BCUT2D eigenvalue weighted by atomic mass is 16.5. The van der Waals surface area contributed by atoms with Crippen molar-refractivity contribution < 1.29 is 14.4 Å². The van der Waals surface area contributed by atoms with E-state index in [1.54, 1.807) is 6.07 Å². The molecule has 2 unspecified atom stereocenters. The fourth-order valence-corrected chi connectivity index (χ4v) is 2.98. The van der Waals surface area contributed by atoms with Crippen molar-refractivity contribution >= 4 is 5.91 Å². The quantitative estimate of drug-likeness (QED) is 0.910. The fourth-order valence-electron chi connectivity index (χ4n) is 2.98. The number of hydrogen-bond donors (Lipinski definition) is 2. The van der Waals surface area contributed by atoms with Crippen LogP contribution < -0.4 is 5.32 Å². The summed E-state index contributed by atoms with van der Waals surface area (Å²) in [6.45, 7) is 0.110. The smallest absolute Gasteiger partial charge is 0.273 e. The summed E-state index contributed by atoms with van der Waals surface area (Å²) in [7, 11) is 0. The predicted octanol–water partition coefficient (Wildman–Crippen LogP) is 2.62. The van der Waals surface area contributed by atoms with E-state index in [1.165, 1.54) is 0 Å². The first-order valence-corrected chi connectivity index (χ1v) is 7.72. The van der Waals surface area contributed by atoms with E-state index in [4.69, 9.17) is 4.52 Å². The maximum absolute atomic E-state index is 12.3. The van der Waals surface area contributed by atoms with Gasteiger partial charge in [-0.1, -0.05) is 48.3 Å². The van der Waals surface area contributed by atoms with Gasteiger partial charge in [-0.05, 0) is 12.8 Å². The zero-order chi connectivity index (χ0) is 15.4. The summed E-state index contributed by atoms with van der Waals surface area (Å²) in [5.41, 5.74) is 1.17. The van der Waals surface area contributed by atoms with Crippen molar-refractivity contribution in [1.82, 2.24) is 10.5 Å². The van der Waals surface area contributed by atoms with Gasteiger partial charge in [-0.25, -0.2) is 0 Å². The molecule has 22 heavy (non-hydrogen) atoms. The van der Waals surface area contributed by atoms with Crippen molar-refractivity contribution in [1.29, 1.82) is 0 Å². The van der Waals surface area contributed by atoms with E-state index in [9.17, 15) is 9.90 Å². The highest BCUT2D eigenvalue weighted by Gasteiger charge is 2.27. The Morgan fingerprint density at radius 3 is 2.82 bits per heavy atom. The van der Waals surface area contributed by atoms with Crippen LogP contribution in [0.5, 0.6) is 0 Å². The van der Waals surface area contributed by atoms with E-state index >= 15 is 0 Å². The first-order chi connectivity index (χ1) is 10.8. The summed E-state index contributed by atoms with van der Waals surface area (Å²) >= 11 is 0. The minimum absolute atomic E-state index is 0.0168. The number of amides is 1. The van der Waals surface area contributed by atoms with Gasteiger partial charge in [-0.3, -0.25) is 4.79 Å². The molecule has 0 saturated heterocycles. The lowest BCUT2D eigenvalue weighted by molar-refractivity contribution is 0.0864. The van der Waals surface area contributed by atoms with E-state index in [-0.39, 0.29) is 30.2 Å². The molecule has 2 aromatic rings. The molecule has 2 atom stereocenters. The molecule has 1 saturated carbocycles. The van der Waals surface area contributed by atoms with Crippen LogP contribution in [0, 0.1) is 5.92 Å². The molecule has 1 aliphatic rings. The summed E-state index contributed by atoms with van der Waals surface area (Å²) in [5.74, 6) is 0.475. The van der Waals surface area contributed by atoms with Gasteiger partial charge in [0.05, 0.1) is 0 Å². The van der Waals surface area contributed by atoms with Crippen LogP contribution in [0.15, 0.2) is 40.9 Å². The molecule has 3 rings (SSSR count). The van der Waals surface area contributed by atoms with Crippen LogP contribution >= 0.6 is 0 Å². The standard InChI is InChI=1S/C17H20N2O3/c20-11-13-8-4-5-9-14(13)18-17(21)15-10-16(22-19-15)12-6-2-1-3-7-12/h1-3,6-7,10,13-14,20H,4-5,8-9,11H2,(H,18,21).